The Hall–Kier alpha value is -2.04. The Balaban J connectivity index is 1.36. The fraction of sp³-hybridized carbons (Fsp3) is 0.538. The quantitative estimate of drug-likeness (QED) is 0.540. The van der Waals surface area contributed by atoms with Crippen LogP contribution in [0.2, 0.25) is 0 Å². The summed E-state index contributed by atoms with van der Waals surface area (Å²) >= 11 is 0. The van der Waals surface area contributed by atoms with E-state index in [1.54, 1.807) is 0 Å². The lowest BCUT2D eigenvalue weighted by Gasteiger charge is -2.41. The maximum absolute atomic E-state index is 5.86. The highest BCUT2D eigenvalue weighted by Gasteiger charge is 2.38. The molecule has 4 heteroatoms. The number of epoxide rings is 2. The van der Waals surface area contributed by atoms with Crippen LogP contribution in [0, 0.1) is 5.92 Å². The van der Waals surface area contributed by atoms with Gasteiger partial charge in [0, 0.05) is 5.41 Å². The molecule has 2 atom stereocenters. The molecule has 2 aromatic carbocycles. The topological polar surface area (TPSA) is 43.5 Å². The minimum Gasteiger partial charge on any atom is -0.491 e. The normalized spacial score (nSPS) is 30.0. The Morgan fingerprint density at radius 2 is 1.20 bits per heavy atom. The van der Waals surface area contributed by atoms with Crippen molar-refractivity contribution in [1.29, 1.82) is 0 Å². The van der Waals surface area contributed by atoms with Crippen LogP contribution in [-0.4, -0.2) is 38.6 Å². The van der Waals surface area contributed by atoms with Crippen molar-refractivity contribution in [2.24, 2.45) is 5.92 Å². The van der Waals surface area contributed by atoms with Crippen molar-refractivity contribution < 1.29 is 18.9 Å². The Kier molecular flexibility index (Phi) is 5.70. The lowest BCUT2D eigenvalue weighted by atomic mass is 9.63. The van der Waals surface area contributed by atoms with Crippen LogP contribution in [0.15, 0.2) is 48.5 Å². The molecule has 2 aromatic rings. The fourth-order valence-electron chi connectivity index (χ4n) is 4.77. The zero-order chi connectivity index (χ0) is 20.4. The van der Waals surface area contributed by atoms with E-state index in [-0.39, 0.29) is 17.6 Å². The molecular formula is C26H32O4. The molecule has 1 saturated carbocycles. The molecule has 0 spiro atoms. The summed E-state index contributed by atoms with van der Waals surface area (Å²) in [6.45, 7) is 5.27. The van der Waals surface area contributed by atoms with E-state index < -0.39 is 0 Å². The summed E-state index contributed by atoms with van der Waals surface area (Å²) in [7, 11) is 0. The Morgan fingerprint density at radius 3 is 1.57 bits per heavy atom. The van der Waals surface area contributed by atoms with Crippen LogP contribution in [-0.2, 0) is 14.9 Å². The summed E-state index contributed by atoms with van der Waals surface area (Å²) in [5.74, 6) is 2.70. The van der Waals surface area contributed by atoms with Gasteiger partial charge < -0.3 is 18.9 Å². The maximum Gasteiger partial charge on any atom is 0.119 e. The molecule has 0 aromatic heterocycles. The largest absolute Gasteiger partial charge is 0.491 e. The molecule has 4 nitrogen and oxygen atoms in total. The maximum atomic E-state index is 5.86. The van der Waals surface area contributed by atoms with Crippen LogP contribution < -0.4 is 9.47 Å². The molecule has 2 saturated heterocycles. The number of hydrogen-bond acceptors (Lipinski definition) is 4. The first-order chi connectivity index (χ1) is 14.7. The first-order valence-corrected chi connectivity index (χ1v) is 11.4. The molecule has 2 aliphatic heterocycles. The molecule has 3 aliphatic rings. The average molecular weight is 409 g/mol. The van der Waals surface area contributed by atoms with Crippen molar-refractivity contribution in [2.45, 2.75) is 56.7 Å². The van der Waals surface area contributed by atoms with Gasteiger partial charge in [0.1, 0.15) is 36.9 Å². The van der Waals surface area contributed by atoms with Gasteiger partial charge in [-0.1, -0.05) is 37.6 Å². The van der Waals surface area contributed by atoms with Crippen LogP contribution in [0.1, 0.15) is 50.2 Å². The molecule has 30 heavy (non-hydrogen) atoms. The third-order valence-electron chi connectivity index (χ3n) is 7.03. The van der Waals surface area contributed by atoms with Gasteiger partial charge >= 0.3 is 0 Å². The van der Waals surface area contributed by atoms with Gasteiger partial charge in [-0.25, -0.2) is 0 Å². The highest BCUT2D eigenvalue weighted by Crippen LogP contribution is 2.47. The molecule has 3 fully saturated rings. The molecule has 2 heterocycles. The Morgan fingerprint density at radius 1 is 0.767 bits per heavy atom. The molecule has 0 amide bonds. The second-order valence-electron chi connectivity index (χ2n) is 9.02. The zero-order valence-electron chi connectivity index (χ0n) is 17.8. The second kappa shape index (κ2) is 8.60. The predicted molar refractivity (Wildman–Crippen MR) is 116 cm³/mol. The van der Waals surface area contributed by atoms with Gasteiger partial charge in [-0.05, 0) is 67.0 Å². The summed E-state index contributed by atoms with van der Waals surface area (Å²) in [5, 5.41) is 0. The van der Waals surface area contributed by atoms with Crippen molar-refractivity contribution >= 4 is 0 Å². The van der Waals surface area contributed by atoms with Crippen LogP contribution in [0.4, 0.5) is 0 Å². The van der Waals surface area contributed by atoms with Crippen LogP contribution in [0.25, 0.3) is 0 Å². The second-order valence-corrected chi connectivity index (χ2v) is 9.02. The van der Waals surface area contributed by atoms with Crippen LogP contribution >= 0.6 is 0 Å². The monoisotopic (exact) mass is 408 g/mol. The van der Waals surface area contributed by atoms with Crippen molar-refractivity contribution in [3.8, 4) is 11.5 Å². The van der Waals surface area contributed by atoms with E-state index in [0.29, 0.717) is 13.2 Å². The first-order valence-electron chi connectivity index (χ1n) is 11.4. The first kappa shape index (κ1) is 19.9. The van der Waals surface area contributed by atoms with Crippen molar-refractivity contribution in [3.05, 3.63) is 59.7 Å². The standard InChI is InChI=1S/C26H32O4/c1-2-19-11-13-26(14-12-19,20-3-7-22(8-4-20)27-15-24-17-29-24)21-5-9-23(10-6-21)28-16-25-18-30-25/h3-10,19,24-25H,2,11-18H2,1H3. The summed E-state index contributed by atoms with van der Waals surface area (Å²) in [6.07, 6.45) is 6.80. The minimum atomic E-state index is 0.0714. The molecular weight excluding hydrogens is 376 g/mol. The third-order valence-corrected chi connectivity index (χ3v) is 7.03. The highest BCUT2D eigenvalue weighted by molar-refractivity contribution is 5.44. The zero-order valence-corrected chi connectivity index (χ0v) is 17.8. The van der Waals surface area contributed by atoms with Gasteiger partial charge in [0.25, 0.3) is 0 Å². The van der Waals surface area contributed by atoms with E-state index >= 15 is 0 Å². The van der Waals surface area contributed by atoms with Crippen LogP contribution in [0.5, 0.6) is 11.5 Å². The number of benzene rings is 2. The molecule has 0 N–H and O–H groups in total. The molecule has 0 bridgehead atoms. The van der Waals surface area contributed by atoms with Crippen molar-refractivity contribution in [1.82, 2.24) is 0 Å². The van der Waals surface area contributed by atoms with Gasteiger partial charge in [-0.15, -0.1) is 0 Å². The van der Waals surface area contributed by atoms with Gasteiger partial charge in [-0.3, -0.25) is 0 Å². The van der Waals surface area contributed by atoms with Gasteiger partial charge in [0.05, 0.1) is 13.2 Å². The Bertz CT molecular complexity index is 752. The van der Waals surface area contributed by atoms with Gasteiger partial charge in [-0.2, -0.15) is 0 Å². The van der Waals surface area contributed by atoms with E-state index in [1.807, 2.05) is 0 Å². The SMILES string of the molecule is CCC1CCC(c2ccc(OCC3CO3)cc2)(c2ccc(OCC3CO3)cc2)CC1. The lowest BCUT2D eigenvalue weighted by Crippen LogP contribution is -2.33. The number of hydrogen-bond donors (Lipinski definition) is 0. The molecule has 0 radical (unpaired) electrons. The summed E-state index contributed by atoms with van der Waals surface area (Å²) in [6, 6.07) is 17.6. The molecule has 160 valence electrons. The Labute approximate surface area is 179 Å². The van der Waals surface area contributed by atoms with Crippen molar-refractivity contribution in [2.75, 3.05) is 26.4 Å². The highest BCUT2D eigenvalue weighted by atomic mass is 16.6. The number of ether oxygens (including phenoxy) is 4. The fourth-order valence-corrected chi connectivity index (χ4v) is 4.77. The summed E-state index contributed by atoms with van der Waals surface area (Å²) in [4.78, 5) is 0. The van der Waals surface area contributed by atoms with E-state index in [2.05, 4.69) is 55.5 Å². The van der Waals surface area contributed by atoms with E-state index in [1.165, 1.54) is 43.2 Å². The summed E-state index contributed by atoms with van der Waals surface area (Å²) in [5.41, 5.74) is 2.86. The van der Waals surface area contributed by atoms with E-state index in [9.17, 15) is 0 Å². The predicted octanol–water partition coefficient (Wildman–Crippen LogP) is 5.13. The van der Waals surface area contributed by atoms with Gasteiger partial charge in [0.2, 0.25) is 0 Å². The number of rotatable bonds is 9. The smallest absolute Gasteiger partial charge is 0.119 e. The van der Waals surface area contributed by atoms with Crippen molar-refractivity contribution in [3.63, 3.8) is 0 Å². The van der Waals surface area contributed by atoms with E-state index in [4.69, 9.17) is 18.9 Å². The lowest BCUT2D eigenvalue weighted by molar-refractivity contribution is 0.256. The van der Waals surface area contributed by atoms with Crippen LogP contribution in [0.3, 0.4) is 0 Å². The minimum absolute atomic E-state index is 0.0714. The average Bonchev–Trinajstić information content (AvgIpc) is 3.72. The third kappa shape index (κ3) is 4.50. The molecule has 5 rings (SSSR count). The van der Waals surface area contributed by atoms with Gasteiger partial charge in [0.15, 0.2) is 0 Å². The van der Waals surface area contributed by atoms with E-state index in [0.717, 1.165) is 30.6 Å². The molecule has 2 unspecified atom stereocenters. The summed E-state index contributed by atoms with van der Waals surface area (Å²) < 4.78 is 22.2. The molecule has 1 aliphatic carbocycles.